The third-order valence-electron chi connectivity index (χ3n) is 5.63. The van der Waals surface area contributed by atoms with E-state index in [1.807, 2.05) is 4.90 Å². The lowest BCUT2D eigenvalue weighted by atomic mass is 10.1. The molecule has 5 heterocycles. The summed E-state index contributed by atoms with van der Waals surface area (Å²) in [7, 11) is 1.36. The molecule has 0 saturated carbocycles. The molecule has 0 spiro atoms. The van der Waals surface area contributed by atoms with Crippen LogP contribution >= 0.6 is 0 Å². The van der Waals surface area contributed by atoms with Crippen LogP contribution in [0.3, 0.4) is 0 Å². The second-order valence-electron chi connectivity index (χ2n) is 7.60. The molecule has 158 valence electrons. The molecular weight excluding hydrogens is 398 g/mol. The summed E-state index contributed by atoms with van der Waals surface area (Å²) < 4.78 is 28.4. The van der Waals surface area contributed by atoms with Gasteiger partial charge in [0, 0.05) is 37.5 Å². The van der Waals surface area contributed by atoms with Crippen LogP contribution in [0.5, 0.6) is 0 Å². The van der Waals surface area contributed by atoms with Crippen LogP contribution in [0.2, 0.25) is 0 Å². The predicted octanol–water partition coefficient (Wildman–Crippen LogP) is 1.45. The molecule has 0 aliphatic carbocycles. The Labute approximate surface area is 169 Å². The van der Waals surface area contributed by atoms with Crippen molar-refractivity contribution in [3.63, 3.8) is 0 Å². The van der Waals surface area contributed by atoms with Gasteiger partial charge >= 0.3 is 5.69 Å². The lowest BCUT2D eigenvalue weighted by Gasteiger charge is -2.28. The molecule has 30 heavy (non-hydrogen) atoms. The molecule has 2 aliphatic rings. The molecular formula is C19H20F2N6O3. The minimum atomic E-state index is -2.83. The van der Waals surface area contributed by atoms with Gasteiger partial charge in [0.05, 0.1) is 6.54 Å². The maximum atomic E-state index is 13.5. The molecule has 9 nitrogen and oxygen atoms in total. The zero-order valence-electron chi connectivity index (χ0n) is 16.3. The van der Waals surface area contributed by atoms with Gasteiger partial charge in [-0.3, -0.25) is 4.79 Å². The standard InChI is InChI=1S/C19H20F2N6O3/c1-30-27-18(29)26-7-4-13(10-15(26)23-27)25-6-2-3-12-9-14(22-16(12)25)17(28)24-8-5-19(20,21)11-24/h4,7,9-10,22H,2-3,5-6,8,11H2,1H3. The number of H-pyrrole nitrogens is 1. The normalized spacial score (nSPS) is 18.1. The average molecular weight is 418 g/mol. The van der Waals surface area contributed by atoms with Crippen LogP contribution in [0.25, 0.3) is 5.65 Å². The van der Waals surface area contributed by atoms with E-state index in [4.69, 9.17) is 4.84 Å². The molecule has 5 rings (SSSR count). The van der Waals surface area contributed by atoms with Gasteiger partial charge in [-0.25, -0.2) is 18.0 Å². The van der Waals surface area contributed by atoms with E-state index in [0.717, 1.165) is 34.8 Å². The Morgan fingerprint density at radius 3 is 2.87 bits per heavy atom. The van der Waals surface area contributed by atoms with Crippen molar-refractivity contribution in [3.8, 4) is 0 Å². The number of hydrogen-bond donors (Lipinski definition) is 1. The van der Waals surface area contributed by atoms with E-state index >= 15 is 0 Å². The maximum absolute atomic E-state index is 13.5. The highest BCUT2D eigenvalue weighted by atomic mass is 19.3. The third kappa shape index (κ3) is 2.92. The van der Waals surface area contributed by atoms with Crippen molar-refractivity contribution in [1.29, 1.82) is 0 Å². The summed E-state index contributed by atoms with van der Waals surface area (Å²) in [6.45, 7) is 0.202. The number of rotatable bonds is 3. The van der Waals surface area contributed by atoms with Crippen LogP contribution in [0.15, 0.2) is 29.2 Å². The van der Waals surface area contributed by atoms with Crippen LogP contribution in [0, 0.1) is 0 Å². The van der Waals surface area contributed by atoms with E-state index in [-0.39, 0.29) is 13.0 Å². The zero-order chi connectivity index (χ0) is 21.0. The first-order chi connectivity index (χ1) is 14.4. The molecule has 0 radical (unpaired) electrons. The summed E-state index contributed by atoms with van der Waals surface area (Å²) in [4.78, 5) is 37.0. The molecule has 1 fully saturated rings. The number of amides is 1. The Hall–Kier alpha value is -3.37. The summed E-state index contributed by atoms with van der Waals surface area (Å²) >= 11 is 0. The molecule has 1 amide bonds. The number of carbonyl (C=O) groups is 1. The molecule has 0 aromatic carbocycles. The molecule has 0 bridgehead atoms. The van der Waals surface area contributed by atoms with Crippen molar-refractivity contribution < 1.29 is 18.4 Å². The number of likely N-dealkylation sites (tertiary alicyclic amines) is 1. The van der Waals surface area contributed by atoms with E-state index in [1.54, 1.807) is 24.4 Å². The summed E-state index contributed by atoms with van der Waals surface area (Å²) in [5, 5.41) is 4.12. The van der Waals surface area contributed by atoms with Crippen molar-refractivity contribution in [2.24, 2.45) is 0 Å². The number of nitrogens with one attached hydrogen (secondary N) is 1. The number of hydrogen-bond acceptors (Lipinski definition) is 5. The summed E-state index contributed by atoms with van der Waals surface area (Å²) in [6, 6.07) is 5.30. The van der Waals surface area contributed by atoms with Crippen LogP contribution in [-0.4, -0.2) is 62.8 Å². The first-order valence-electron chi connectivity index (χ1n) is 9.69. The lowest BCUT2D eigenvalue weighted by Crippen LogP contribution is -2.31. The van der Waals surface area contributed by atoms with E-state index in [2.05, 4.69) is 10.1 Å². The van der Waals surface area contributed by atoms with E-state index in [9.17, 15) is 18.4 Å². The van der Waals surface area contributed by atoms with Gasteiger partial charge in [-0.2, -0.15) is 0 Å². The number of aromatic nitrogens is 4. The highest BCUT2D eigenvalue weighted by Gasteiger charge is 2.41. The number of pyridine rings is 1. The number of fused-ring (bicyclic) bond motifs is 2. The van der Waals surface area contributed by atoms with Gasteiger partial charge in [0.25, 0.3) is 11.8 Å². The molecule has 0 atom stereocenters. The van der Waals surface area contributed by atoms with E-state index in [0.29, 0.717) is 17.9 Å². The monoisotopic (exact) mass is 418 g/mol. The van der Waals surface area contributed by atoms with Crippen molar-refractivity contribution in [2.45, 2.75) is 25.2 Å². The Balaban J connectivity index is 1.48. The number of aromatic amines is 1. The SMILES string of the molecule is COn1nc2cc(N3CCCc4cc(C(=O)N5CCC(F)(F)C5)[nH]c43)ccn2c1=O. The van der Waals surface area contributed by atoms with Gasteiger partial charge in [-0.05, 0) is 35.4 Å². The number of halogens is 2. The minimum absolute atomic E-state index is 0.0484. The van der Waals surface area contributed by atoms with Crippen molar-refractivity contribution in [1.82, 2.24) is 24.2 Å². The summed E-state index contributed by atoms with van der Waals surface area (Å²) in [5.41, 5.74) is 2.08. The van der Waals surface area contributed by atoms with Crippen molar-refractivity contribution >= 4 is 23.1 Å². The smallest absolute Gasteiger partial charge is 0.384 e. The fourth-order valence-electron chi connectivity index (χ4n) is 4.14. The first kappa shape index (κ1) is 18.6. The molecule has 2 aliphatic heterocycles. The van der Waals surface area contributed by atoms with Crippen LogP contribution in [-0.2, 0) is 6.42 Å². The first-order valence-corrected chi connectivity index (χ1v) is 9.69. The second-order valence-corrected chi connectivity index (χ2v) is 7.60. The molecule has 0 unspecified atom stereocenters. The topological polar surface area (TPSA) is 87.9 Å². The number of nitrogens with zero attached hydrogens (tertiary/aromatic N) is 5. The van der Waals surface area contributed by atoms with Gasteiger partial charge in [-0.15, -0.1) is 5.10 Å². The average Bonchev–Trinajstić information content (AvgIpc) is 3.41. The highest BCUT2D eigenvalue weighted by Crippen LogP contribution is 2.35. The Bertz CT molecular complexity index is 1200. The van der Waals surface area contributed by atoms with Crippen LogP contribution in [0.4, 0.5) is 20.3 Å². The quantitative estimate of drug-likeness (QED) is 0.696. The van der Waals surface area contributed by atoms with Gasteiger partial charge in [0.1, 0.15) is 18.6 Å². The molecule has 3 aromatic heterocycles. The fourth-order valence-corrected chi connectivity index (χ4v) is 4.14. The highest BCUT2D eigenvalue weighted by molar-refractivity contribution is 5.94. The van der Waals surface area contributed by atoms with Gasteiger partial charge < -0.3 is 19.6 Å². The molecule has 1 saturated heterocycles. The largest absolute Gasteiger partial charge is 0.396 e. The van der Waals surface area contributed by atoms with E-state index in [1.165, 1.54) is 16.4 Å². The van der Waals surface area contributed by atoms with Gasteiger partial charge in [0.15, 0.2) is 5.65 Å². The van der Waals surface area contributed by atoms with Gasteiger partial charge in [0.2, 0.25) is 0 Å². The number of aryl methyl sites for hydroxylation is 1. The maximum Gasteiger partial charge on any atom is 0.384 e. The van der Waals surface area contributed by atoms with E-state index < -0.39 is 24.1 Å². The van der Waals surface area contributed by atoms with Crippen LogP contribution < -0.4 is 15.4 Å². The molecule has 3 aromatic rings. The molecule has 1 N–H and O–H groups in total. The number of carbonyl (C=O) groups excluding carboxylic acids is 1. The third-order valence-corrected chi connectivity index (χ3v) is 5.63. The van der Waals surface area contributed by atoms with Crippen LogP contribution in [0.1, 0.15) is 28.9 Å². The fraction of sp³-hybridized carbons (Fsp3) is 0.421. The molecule has 11 heteroatoms. The minimum Gasteiger partial charge on any atom is -0.396 e. The number of alkyl halides is 2. The Kier molecular flexibility index (Phi) is 4.09. The Morgan fingerprint density at radius 1 is 1.30 bits per heavy atom. The summed E-state index contributed by atoms with van der Waals surface area (Å²) in [6.07, 6.45) is 2.96. The lowest BCUT2D eigenvalue weighted by molar-refractivity contribution is 0.0119. The van der Waals surface area contributed by atoms with Gasteiger partial charge in [-0.1, -0.05) is 0 Å². The van der Waals surface area contributed by atoms with Crippen molar-refractivity contribution in [3.05, 3.63) is 46.1 Å². The predicted molar refractivity (Wildman–Crippen MR) is 104 cm³/mol. The Morgan fingerprint density at radius 2 is 2.13 bits per heavy atom. The van der Waals surface area contributed by atoms with Crippen molar-refractivity contribution in [2.75, 3.05) is 31.6 Å². The number of anilines is 2. The zero-order valence-corrected chi connectivity index (χ0v) is 16.3. The second kappa shape index (κ2) is 6.57. The summed E-state index contributed by atoms with van der Waals surface area (Å²) in [5.74, 6) is -2.48.